The van der Waals surface area contributed by atoms with Crippen LogP contribution in [0.5, 0.6) is 5.75 Å². The van der Waals surface area contributed by atoms with Crippen LogP contribution in [0.4, 0.5) is 5.69 Å². The Labute approximate surface area is 167 Å². The van der Waals surface area contributed by atoms with Gasteiger partial charge in [0.15, 0.2) is 6.61 Å². The molecule has 0 aliphatic rings. The largest absolute Gasteiger partial charge is 0.483 e. The second kappa shape index (κ2) is 9.93. The Bertz CT molecular complexity index is 811. The lowest BCUT2D eigenvalue weighted by atomic mass is 10.0. The number of aryl methyl sites for hydroxylation is 1. The second-order valence-electron chi connectivity index (χ2n) is 7.59. The molecule has 0 aliphatic carbocycles. The fourth-order valence-corrected chi connectivity index (χ4v) is 2.52. The Kier molecular flexibility index (Phi) is 7.61. The number of rotatable bonds is 8. The molecule has 0 spiro atoms. The van der Waals surface area contributed by atoms with Crippen molar-refractivity contribution in [3.05, 3.63) is 59.2 Å². The molecule has 5 heteroatoms. The van der Waals surface area contributed by atoms with Gasteiger partial charge in [0, 0.05) is 18.2 Å². The molecule has 2 aromatic carbocycles. The van der Waals surface area contributed by atoms with Crippen molar-refractivity contribution in [3.8, 4) is 5.75 Å². The number of hydrogen-bond acceptors (Lipinski definition) is 3. The molecule has 28 heavy (non-hydrogen) atoms. The molecule has 0 radical (unpaired) electrons. The minimum absolute atomic E-state index is 0.0185. The zero-order chi connectivity index (χ0) is 20.7. The van der Waals surface area contributed by atoms with Crippen LogP contribution in [0.25, 0.3) is 0 Å². The molecule has 150 valence electrons. The van der Waals surface area contributed by atoms with Gasteiger partial charge >= 0.3 is 0 Å². The van der Waals surface area contributed by atoms with Gasteiger partial charge in [-0.2, -0.15) is 0 Å². The van der Waals surface area contributed by atoms with Crippen LogP contribution in [0, 0.1) is 12.8 Å². The monoisotopic (exact) mass is 382 g/mol. The van der Waals surface area contributed by atoms with Crippen LogP contribution >= 0.6 is 0 Å². The predicted octanol–water partition coefficient (Wildman–Crippen LogP) is 4.41. The van der Waals surface area contributed by atoms with Gasteiger partial charge in [0.05, 0.1) is 0 Å². The molecule has 0 aromatic heterocycles. The standard InChI is InChI=1S/C23H30N2O3/c1-15(2)19-9-6-17(5)21(12-19)28-14-22(26)24-13-18-7-10-20(11-8-18)25-23(27)16(3)4/h6-12,15-16H,13-14H2,1-5H3,(H,24,26)(H,25,27). The number of nitrogens with one attached hydrogen (secondary N) is 2. The van der Waals surface area contributed by atoms with E-state index in [1.165, 1.54) is 5.56 Å². The molecule has 0 aliphatic heterocycles. The van der Waals surface area contributed by atoms with E-state index in [9.17, 15) is 9.59 Å². The Morgan fingerprint density at radius 1 is 1.00 bits per heavy atom. The molecule has 0 bridgehead atoms. The van der Waals surface area contributed by atoms with Crippen LogP contribution in [-0.4, -0.2) is 18.4 Å². The first-order chi connectivity index (χ1) is 13.3. The summed E-state index contributed by atoms with van der Waals surface area (Å²) in [5.74, 6) is 0.891. The number of carbonyl (C=O) groups is 2. The minimum Gasteiger partial charge on any atom is -0.483 e. The lowest BCUT2D eigenvalue weighted by Crippen LogP contribution is -2.28. The van der Waals surface area contributed by atoms with Crippen molar-refractivity contribution in [2.24, 2.45) is 5.92 Å². The highest BCUT2D eigenvalue weighted by Gasteiger charge is 2.09. The molecule has 2 rings (SSSR count). The van der Waals surface area contributed by atoms with Crippen molar-refractivity contribution in [2.45, 2.75) is 47.1 Å². The number of benzene rings is 2. The molecule has 2 N–H and O–H groups in total. The fourth-order valence-electron chi connectivity index (χ4n) is 2.52. The van der Waals surface area contributed by atoms with Crippen molar-refractivity contribution in [2.75, 3.05) is 11.9 Å². The van der Waals surface area contributed by atoms with E-state index < -0.39 is 0 Å². The Morgan fingerprint density at radius 3 is 2.29 bits per heavy atom. The van der Waals surface area contributed by atoms with E-state index in [0.29, 0.717) is 12.5 Å². The van der Waals surface area contributed by atoms with Crippen LogP contribution in [-0.2, 0) is 16.1 Å². The topological polar surface area (TPSA) is 67.4 Å². The van der Waals surface area contributed by atoms with Crippen LogP contribution < -0.4 is 15.4 Å². The van der Waals surface area contributed by atoms with Crippen molar-refractivity contribution < 1.29 is 14.3 Å². The third kappa shape index (κ3) is 6.41. The van der Waals surface area contributed by atoms with Crippen molar-refractivity contribution >= 4 is 17.5 Å². The van der Waals surface area contributed by atoms with Crippen LogP contribution in [0.15, 0.2) is 42.5 Å². The summed E-state index contributed by atoms with van der Waals surface area (Å²) in [7, 11) is 0. The van der Waals surface area contributed by atoms with E-state index in [1.807, 2.05) is 57.2 Å². The predicted molar refractivity (Wildman–Crippen MR) is 113 cm³/mol. The first-order valence-electron chi connectivity index (χ1n) is 9.66. The van der Waals surface area contributed by atoms with Gasteiger partial charge in [-0.05, 0) is 47.7 Å². The summed E-state index contributed by atoms with van der Waals surface area (Å²) in [6, 6.07) is 13.5. The smallest absolute Gasteiger partial charge is 0.258 e. The fraction of sp³-hybridized carbons (Fsp3) is 0.391. The van der Waals surface area contributed by atoms with E-state index in [-0.39, 0.29) is 24.3 Å². The van der Waals surface area contributed by atoms with Gasteiger partial charge in [-0.25, -0.2) is 0 Å². The summed E-state index contributed by atoms with van der Waals surface area (Å²) in [6.45, 7) is 10.3. The molecule has 0 saturated carbocycles. The molecule has 2 aromatic rings. The van der Waals surface area contributed by atoms with Crippen LogP contribution in [0.2, 0.25) is 0 Å². The normalized spacial score (nSPS) is 10.8. The summed E-state index contributed by atoms with van der Waals surface area (Å²) < 4.78 is 5.70. The van der Waals surface area contributed by atoms with Gasteiger partial charge in [0.25, 0.3) is 5.91 Å². The van der Waals surface area contributed by atoms with Gasteiger partial charge in [-0.3, -0.25) is 9.59 Å². The summed E-state index contributed by atoms with van der Waals surface area (Å²) >= 11 is 0. The highest BCUT2D eigenvalue weighted by molar-refractivity contribution is 5.92. The molecular weight excluding hydrogens is 352 g/mol. The summed E-state index contributed by atoms with van der Waals surface area (Å²) in [5, 5.41) is 5.70. The molecule has 2 amide bonds. The summed E-state index contributed by atoms with van der Waals surface area (Å²) in [4.78, 5) is 23.8. The van der Waals surface area contributed by atoms with E-state index in [2.05, 4.69) is 30.5 Å². The van der Waals surface area contributed by atoms with Crippen LogP contribution in [0.3, 0.4) is 0 Å². The molecule has 0 atom stereocenters. The highest BCUT2D eigenvalue weighted by Crippen LogP contribution is 2.24. The van der Waals surface area contributed by atoms with Crippen LogP contribution in [0.1, 0.15) is 50.3 Å². The molecular formula is C23H30N2O3. The first-order valence-corrected chi connectivity index (χ1v) is 9.66. The molecule has 0 saturated heterocycles. The maximum atomic E-state index is 12.1. The minimum atomic E-state index is -0.175. The van der Waals surface area contributed by atoms with Crippen molar-refractivity contribution in [3.63, 3.8) is 0 Å². The molecule has 5 nitrogen and oxygen atoms in total. The highest BCUT2D eigenvalue weighted by atomic mass is 16.5. The van der Waals surface area contributed by atoms with Crippen molar-refractivity contribution in [1.29, 1.82) is 0 Å². The lowest BCUT2D eigenvalue weighted by molar-refractivity contribution is -0.123. The van der Waals surface area contributed by atoms with Gasteiger partial charge in [-0.15, -0.1) is 0 Å². The van der Waals surface area contributed by atoms with Gasteiger partial charge in [0.2, 0.25) is 5.91 Å². The number of amides is 2. The second-order valence-corrected chi connectivity index (χ2v) is 7.59. The quantitative estimate of drug-likeness (QED) is 0.711. The van der Waals surface area contributed by atoms with Crippen molar-refractivity contribution in [1.82, 2.24) is 5.32 Å². The lowest BCUT2D eigenvalue weighted by Gasteiger charge is -2.13. The maximum Gasteiger partial charge on any atom is 0.258 e. The third-order valence-corrected chi connectivity index (χ3v) is 4.47. The number of anilines is 1. The number of hydrogen-bond donors (Lipinski definition) is 2. The Balaban J connectivity index is 1.83. The average Bonchev–Trinajstić information content (AvgIpc) is 2.66. The van der Waals surface area contributed by atoms with Gasteiger partial charge < -0.3 is 15.4 Å². The average molecular weight is 383 g/mol. The summed E-state index contributed by atoms with van der Waals surface area (Å²) in [5.41, 5.74) is 3.90. The first kappa shape index (κ1) is 21.5. The Hall–Kier alpha value is -2.82. The zero-order valence-corrected chi connectivity index (χ0v) is 17.3. The number of carbonyl (C=O) groups excluding carboxylic acids is 2. The number of ether oxygens (including phenoxy) is 1. The van der Waals surface area contributed by atoms with E-state index in [4.69, 9.17) is 4.74 Å². The van der Waals surface area contributed by atoms with Gasteiger partial charge in [-0.1, -0.05) is 52.0 Å². The van der Waals surface area contributed by atoms with E-state index in [0.717, 1.165) is 22.6 Å². The zero-order valence-electron chi connectivity index (χ0n) is 17.3. The van der Waals surface area contributed by atoms with Gasteiger partial charge in [0.1, 0.15) is 5.75 Å². The maximum absolute atomic E-state index is 12.1. The molecule has 0 unspecified atom stereocenters. The van der Waals surface area contributed by atoms with E-state index >= 15 is 0 Å². The van der Waals surface area contributed by atoms with E-state index in [1.54, 1.807) is 0 Å². The summed E-state index contributed by atoms with van der Waals surface area (Å²) in [6.07, 6.45) is 0. The SMILES string of the molecule is Cc1ccc(C(C)C)cc1OCC(=O)NCc1ccc(NC(=O)C(C)C)cc1. The molecule has 0 fully saturated rings. The molecule has 0 heterocycles. The Morgan fingerprint density at radius 2 is 1.68 bits per heavy atom. The third-order valence-electron chi connectivity index (χ3n) is 4.47.